The summed E-state index contributed by atoms with van der Waals surface area (Å²) in [5.74, 6) is 2.16. The second-order valence-electron chi connectivity index (χ2n) is 4.25. The normalized spacial score (nSPS) is 10.2. The molecule has 1 heterocycles. The van der Waals surface area contributed by atoms with E-state index in [0.29, 0.717) is 17.6 Å². The lowest BCUT2D eigenvalue weighted by atomic mass is 10.2. The van der Waals surface area contributed by atoms with E-state index < -0.39 is 0 Å². The maximum Gasteiger partial charge on any atom is 0.219 e. The van der Waals surface area contributed by atoms with Crippen molar-refractivity contribution in [2.24, 2.45) is 0 Å². The Morgan fingerprint density at radius 3 is 2.81 bits per heavy atom. The van der Waals surface area contributed by atoms with Crippen LogP contribution in [0.15, 0.2) is 35.5 Å². The molecule has 6 heteroatoms. The summed E-state index contributed by atoms with van der Waals surface area (Å²) in [4.78, 5) is 8.71. The molecule has 1 N–H and O–H groups in total. The van der Waals surface area contributed by atoms with Crippen molar-refractivity contribution in [3.05, 3.63) is 35.9 Å². The first-order valence-electron chi connectivity index (χ1n) is 6.67. The smallest absolute Gasteiger partial charge is 0.219 e. The highest BCUT2D eigenvalue weighted by molar-refractivity contribution is 7.98. The second kappa shape index (κ2) is 7.73. The van der Waals surface area contributed by atoms with Crippen LogP contribution < -0.4 is 14.8 Å². The molecule has 0 atom stereocenters. The molecule has 2 aromatic rings. The van der Waals surface area contributed by atoms with Crippen molar-refractivity contribution in [3.8, 4) is 11.6 Å². The molecule has 0 radical (unpaired) electrons. The fourth-order valence-corrected chi connectivity index (χ4v) is 2.13. The molecule has 112 valence electrons. The van der Waals surface area contributed by atoms with Crippen LogP contribution in [0.2, 0.25) is 0 Å². The van der Waals surface area contributed by atoms with Crippen molar-refractivity contribution in [2.75, 3.05) is 25.2 Å². The van der Waals surface area contributed by atoms with E-state index in [-0.39, 0.29) is 0 Å². The van der Waals surface area contributed by atoms with Gasteiger partial charge in [-0.3, -0.25) is 0 Å². The molecule has 1 aromatic carbocycles. The predicted octanol–water partition coefficient (Wildman–Crippen LogP) is 3.22. The second-order valence-corrected chi connectivity index (χ2v) is 5.02. The number of anilines is 1. The fraction of sp³-hybridized carbons (Fsp3) is 0.333. The molecule has 1 aromatic heterocycles. The highest BCUT2D eigenvalue weighted by atomic mass is 32.2. The Bertz CT molecular complexity index is 593. The van der Waals surface area contributed by atoms with Gasteiger partial charge in [-0.1, -0.05) is 23.9 Å². The quantitative estimate of drug-likeness (QED) is 0.626. The summed E-state index contributed by atoms with van der Waals surface area (Å²) in [7, 11) is 1.65. The minimum absolute atomic E-state index is 0.438. The third-order valence-corrected chi connectivity index (χ3v) is 3.29. The Morgan fingerprint density at radius 1 is 1.24 bits per heavy atom. The maximum absolute atomic E-state index is 5.76. The van der Waals surface area contributed by atoms with Crippen molar-refractivity contribution in [3.63, 3.8) is 0 Å². The zero-order chi connectivity index (χ0) is 15.1. The lowest BCUT2D eigenvalue weighted by molar-refractivity contribution is 0.290. The van der Waals surface area contributed by atoms with Crippen molar-refractivity contribution >= 4 is 17.6 Å². The summed E-state index contributed by atoms with van der Waals surface area (Å²) in [6.07, 6.45) is 1.94. The van der Waals surface area contributed by atoms with Crippen LogP contribution in [0.4, 0.5) is 5.82 Å². The van der Waals surface area contributed by atoms with E-state index in [4.69, 9.17) is 9.47 Å². The number of rotatable bonds is 7. The first-order chi connectivity index (χ1) is 10.2. The van der Waals surface area contributed by atoms with Gasteiger partial charge in [0.05, 0.1) is 7.11 Å². The summed E-state index contributed by atoms with van der Waals surface area (Å²) in [5, 5.41) is 3.86. The van der Waals surface area contributed by atoms with Gasteiger partial charge in [0.15, 0.2) is 5.16 Å². The number of ether oxygens (including phenoxy) is 2. The first-order valence-corrected chi connectivity index (χ1v) is 7.90. The lowest BCUT2D eigenvalue weighted by Gasteiger charge is -2.10. The molecule has 0 saturated carbocycles. The number of hydrogen-bond donors (Lipinski definition) is 1. The van der Waals surface area contributed by atoms with Gasteiger partial charge in [0.1, 0.15) is 18.2 Å². The Morgan fingerprint density at radius 2 is 2.10 bits per heavy atom. The molecule has 0 amide bonds. The van der Waals surface area contributed by atoms with Gasteiger partial charge in [-0.25, -0.2) is 4.98 Å². The van der Waals surface area contributed by atoms with Gasteiger partial charge < -0.3 is 14.8 Å². The molecule has 0 bridgehead atoms. The highest BCUT2D eigenvalue weighted by Crippen LogP contribution is 2.20. The van der Waals surface area contributed by atoms with Gasteiger partial charge in [-0.15, -0.1) is 0 Å². The van der Waals surface area contributed by atoms with Gasteiger partial charge in [0.25, 0.3) is 0 Å². The molecule has 0 aliphatic carbocycles. The lowest BCUT2D eigenvalue weighted by Crippen LogP contribution is -2.04. The summed E-state index contributed by atoms with van der Waals surface area (Å²) >= 11 is 1.49. The molecular formula is C15H19N3O2S. The monoisotopic (exact) mass is 305 g/mol. The fourth-order valence-electron chi connectivity index (χ4n) is 1.76. The van der Waals surface area contributed by atoms with Gasteiger partial charge >= 0.3 is 0 Å². The number of nitrogens with zero attached hydrogens (tertiary/aromatic N) is 2. The molecule has 0 saturated heterocycles. The van der Waals surface area contributed by atoms with Gasteiger partial charge in [-0.2, -0.15) is 4.98 Å². The van der Waals surface area contributed by atoms with Crippen LogP contribution in [-0.2, 0) is 6.61 Å². The molecular weight excluding hydrogens is 286 g/mol. The summed E-state index contributed by atoms with van der Waals surface area (Å²) < 4.78 is 11.0. The Balaban J connectivity index is 2.09. The Labute approximate surface area is 129 Å². The van der Waals surface area contributed by atoms with Crippen molar-refractivity contribution in [2.45, 2.75) is 18.7 Å². The molecule has 0 unspecified atom stereocenters. The van der Waals surface area contributed by atoms with Crippen LogP contribution in [-0.4, -0.2) is 29.9 Å². The standard InChI is InChI=1S/C15H19N3O2S/c1-4-16-13-9-14(18-15(17-13)21-3)20-10-11-6-5-7-12(8-11)19-2/h5-9H,4,10H2,1-3H3,(H,16,17,18). The average Bonchev–Trinajstić information content (AvgIpc) is 2.53. The minimum atomic E-state index is 0.438. The third kappa shape index (κ3) is 4.53. The Kier molecular flexibility index (Phi) is 5.68. The highest BCUT2D eigenvalue weighted by Gasteiger charge is 2.05. The number of benzene rings is 1. The van der Waals surface area contributed by atoms with Crippen molar-refractivity contribution in [1.82, 2.24) is 9.97 Å². The summed E-state index contributed by atoms with van der Waals surface area (Å²) in [6, 6.07) is 9.59. The van der Waals surface area contributed by atoms with E-state index in [0.717, 1.165) is 23.7 Å². The van der Waals surface area contributed by atoms with E-state index in [2.05, 4.69) is 15.3 Å². The molecule has 0 aliphatic heterocycles. The van der Waals surface area contributed by atoms with E-state index >= 15 is 0 Å². The topological polar surface area (TPSA) is 56.3 Å². The Hall–Kier alpha value is -1.95. The number of thioether (sulfide) groups is 1. The molecule has 21 heavy (non-hydrogen) atoms. The SMILES string of the molecule is CCNc1cc(OCc2cccc(OC)c2)nc(SC)n1. The van der Waals surface area contributed by atoms with E-state index in [1.54, 1.807) is 7.11 Å². The molecule has 2 rings (SSSR count). The molecule has 0 fully saturated rings. The van der Waals surface area contributed by atoms with Crippen LogP contribution in [0, 0.1) is 0 Å². The maximum atomic E-state index is 5.76. The van der Waals surface area contributed by atoms with Crippen molar-refractivity contribution in [1.29, 1.82) is 0 Å². The van der Waals surface area contributed by atoms with Crippen LogP contribution in [0.5, 0.6) is 11.6 Å². The summed E-state index contributed by atoms with van der Waals surface area (Å²) in [5.41, 5.74) is 1.03. The van der Waals surface area contributed by atoms with E-state index in [9.17, 15) is 0 Å². The minimum Gasteiger partial charge on any atom is -0.497 e. The largest absolute Gasteiger partial charge is 0.497 e. The van der Waals surface area contributed by atoms with Crippen LogP contribution in [0.25, 0.3) is 0 Å². The summed E-state index contributed by atoms with van der Waals surface area (Å²) in [6.45, 7) is 3.27. The zero-order valence-corrected chi connectivity index (χ0v) is 13.2. The van der Waals surface area contributed by atoms with Crippen LogP contribution in [0.1, 0.15) is 12.5 Å². The molecule has 0 aliphatic rings. The number of methoxy groups -OCH3 is 1. The van der Waals surface area contributed by atoms with Gasteiger partial charge in [0, 0.05) is 12.6 Å². The number of aromatic nitrogens is 2. The number of nitrogens with one attached hydrogen (secondary N) is 1. The third-order valence-electron chi connectivity index (χ3n) is 2.74. The van der Waals surface area contributed by atoms with Crippen molar-refractivity contribution < 1.29 is 9.47 Å². The predicted molar refractivity (Wildman–Crippen MR) is 85.3 cm³/mol. The number of hydrogen-bond acceptors (Lipinski definition) is 6. The van der Waals surface area contributed by atoms with Crippen LogP contribution >= 0.6 is 11.8 Å². The van der Waals surface area contributed by atoms with Gasteiger partial charge in [0.2, 0.25) is 5.88 Å². The van der Waals surface area contributed by atoms with Crippen LogP contribution in [0.3, 0.4) is 0 Å². The average molecular weight is 305 g/mol. The molecule has 5 nitrogen and oxygen atoms in total. The molecule has 0 spiro atoms. The zero-order valence-electron chi connectivity index (χ0n) is 12.4. The first kappa shape index (κ1) is 15.4. The van der Waals surface area contributed by atoms with E-state index in [1.165, 1.54) is 11.8 Å². The van der Waals surface area contributed by atoms with E-state index in [1.807, 2.05) is 43.5 Å². The van der Waals surface area contributed by atoms with Gasteiger partial charge in [-0.05, 0) is 30.9 Å².